The van der Waals surface area contributed by atoms with Crippen molar-refractivity contribution in [1.82, 2.24) is 9.97 Å². The molecule has 1 aliphatic heterocycles. The molecule has 0 radical (unpaired) electrons. The highest BCUT2D eigenvalue weighted by Gasteiger charge is 2.45. The molecule has 4 atom stereocenters. The Kier molecular flexibility index (Phi) is 4.35. The number of H-pyrrole nitrogens is 1. The Hall–Kier alpha value is -0.820. The minimum Gasteiger partial charge on any atom is -0.394 e. The molecular formula is C9H11FIN3O5. The molecule has 106 valence electrons. The van der Waals surface area contributed by atoms with E-state index in [9.17, 15) is 19.4 Å². The molecule has 0 amide bonds. The molecule has 1 aliphatic rings. The van der Waals surface area contributed by atoms with Gasteiger partial charge in [0.1, 0.15) is 18.3 Å². The molecule has 19 heavy (non-hydrogen) atoms. The second kappa shape index (κ2) is 5.66. The Labute approximate surface area is 120 Å². The fraction of sp³-hybridized carbons (Fsp3) is 0.556. The highest BCUT2D eigenvalue weighted by atomic mass is 127. The molecule has 1 unspecified atom stereocenters. The Morgan fingerprint density at radius 2 is 2.21 bits per heavy atom. The van der Waals surface area contributed by atoms with E-state index in [1.165, 1.54) is 0 Å². The average Bonchev–Trinajstić information content (AvgIpc) is 2.68. The van der Waals surface area contributed by atoms with E-state index in [1.807, 2.05) is 0 Å². The van der Waals surface area contributed by atoms with Crippen LogP contribution in [0.15, 0.2) is 11.0 Å². The molecule has 10 heteroatoms. The zero-order valence-corrected chi connectivity index (χ0v) is 11.6. The van der Waals surface area contributed by atoms with Crippen LogP contribution in [0.4, 0.5) is 10.2 Å². The average molecular weight is 387 g/mol. The normalized spacial score (nSPS) is 30.6. The first kappa shape index (κ1) is 14.6. The lowest BCUT2D eigenvalue weighted by Crippen LogP contribution is -2.40. The summed E-state index contributed by atoms with van der Waals surface area (Å²) in [6, 6.07) is 0. The molecule has 0 saturated carbocycles. The summed E-state index contributed by atoms with van der Waals surface area (Å²) in [5.41, 5.74) is -0.759. The van der Waals surface area contributed by atoms with E-state index >= 15 is 0 Å². The highest BCUT2D eigenvalue weighted by molar-refractivity contribution is 14.1. The van der Waals surface area contributed by atoms with E-state index in [0.717, 1.165) is 9.31 Å². The predicted octanol–water partition coefficient (Wildman–Crippen LogP) is -1.50. The van der Waals surface area contributed by atoms with Gasteiger partial charge in [-0.05, 0) is 0 Å². The zero-order chi connectivity index (χ0) is 14.2. The molecule has 2 heterocycles. The predicted molar refractivity (Wildman–Crippen MR) is 69.1 cm³/mol. The van der Waals surface area contributed by atoms with Crippen molar-refractivity contribution in [2.75, 3.05) is 9.72 Å². The van der Waals surface area contributed by atoms with Crippen LogP contribution in [0.3, 0.4) is 0 Å². The molecule has 0 bridgehead atoms. The number of aromatic amines is 1. The maximum atomic E-state index is 13.5. The monoisotopic (exact) mass is 387 g/mol. The number of hydrogen-bond donors (Lipinski definition) is 4. The van der Waals surface area contributed by atoms with Gasteiger partial charge in [-0.25, -0.2) is 9.18 Å². The molecule has 0 aliphatic carbocycles. The summed E-state index contributed by atoms with van der Waals surface area (Å²) >= 11 is 1.62. The summed E-state index contributed by atoms with van der Waals surface area (Å²) in [6.07, 6.45) is -4.01. The van der Waals surface area contributed by atoms with E-state index in [-0.39, 0.29) is 5.82 Å². The first-order valence-corrected chi connectivity index (χ1v) is 6.24. The minimum atomic E-state index is -1.36. The molecule has 1 aromatic heterocycles. The van der Waals surface area contributed by atoms with Crippen molar-refractivity contribution >= 4 is 28.7 Å². The van der Waals surface area contributed by atoms with Crippen LogP contribution in [-0.4, -0.2) is 56.4 Å². The van der Waals surface area contributed by atoms with Crippen LogP contribution in [0.25, 0.3) is 0 Å². The van der Waals surface area contributed by atoms with Crippen molar-refractivity contribution in [3.63, 3.8) is 0 Å². The Balaban J connectivity index is 2.27. The van der Waals surface area contributed by atoms with Crippen LogP contribution in [-0.2, 0) is 4.74 Å². The number of nitrogens with one attached hydrogen (secondary N) is 1. The van der Waals surface area contributed by atoms with Gasteiger partial charge >= 0.3 is 5.69 Å². The number of aliphatic hydroxyl groups excluding tert-OH is 3. The second-order valence-electron chi connectivity index (χ2n) is 3.92. The summed E-state index contributed by atoms with van der Waals surface area (Å²) in [7, 11) is 0. The first-order chi connectivity index (χ1) is 8.95. The van der Waals surface area contributed by atoms with Gasteiger partial charge < -0.3 is 20.1 Å². The summed E-state index contributed by atoms with van der Waals surface area (Å²) in [6.45, 7) is -0.492. The van der Waals surface area contributed by atoms with Crippen LogP contribution in [0.1, 0.15) is 0 Å². The lowest BCUT2D eigenvalue weighted by Gasteiger charge is -2.25. The SMILES string of the molecule is O=c1ncc(F)c(N(I)C2O[C@H](CO)[C@@H](O)[C@@H]2O)[nH]1. The second-order valence-corrected chi connectivity index (χ2v) is 4.96. The van der Waals surface area contributed by atoms with E-state index < -0.39 is 42.7 Å². The number of ether oxygens (including phenoxy) is 1. The van der Waals surface area contributed by atoms with E-state index in [4.69, 9.17) is 9.84 Å². The third kappa shape index (κ3) is 2.72. The Morgan fingerprint density at radius 3 is 2.79 bits per heavy atom. The van der Waals surface area contributed by atoms with Gasteiger partial charge in [-0.2, -0.15) is 4.98 Å². The summed E-state index contributed by atoms with van der Waals surface area (Å²) in [5, 5.41) is 28.4. The Bertz CT molecular complexity index is 515. The van der Waals surface area contributed by atoms with Crippen LogP contribution < -0.4 is 8.80 Å². The van der Waals surface area contributed by atoms with Gasteiger partial charge in [0, 0.05) is 0 Å². The largest absolute Gasteiger partial charge is 0.394 e. The zero-order valence-electron chi connectivity index (χ0n) is 9.40. The van der Waals surface area contributed by atoms with Gasteiger partial charge in [-0.1, -0.05) is 0 Å². The number of hydrogen-bond acceptors (Lipinski definition) is 7. The summed E-state index contributed by atoms with van der Waals surface area (Å²) < 4.78 is 19.9. The van der Waals surface area contributed by atoms with E-state index in [2.05, 4.69) is 9.97 Å². The number of halogens is 2. The summed E-state index contributed by atoms with van der Waals surface area (Å²) in [4.78, 5) is 16.4. The lowest BCUT2D eigenvalue weighted by molar-refractivity contribution is -0.0176. The van der Waals surface area contributed by atoms with Crippen molar-refractivity contribution in [3.8, 4) is 0 Å². The molecule has 0 aromatic carbocycles. The quantitative estimate of drug-likeness (QED) is 0.369. The van der Waals surface area contributed by atoms with Crippen molar-refractivity contribution < 1.29 is 24.4 Å². The minimum absolute atomic E-state index is 0.240. The number of nitrogens with zero attached hydrogens (tertiary/aromatic N) is 2. The third-order valence-corrected chi connectivity index (χ3v) is 3.73. The standard InChI is InChI=1S/C9H11FIN3O5/c10-3-1-12-9(18)13-7(3)14(11)8-6(17)5(16)4(2-15)19-8/h1,4-6,8,15-17H,2H2,(H,12,13,18)/t4-,5-,6+,8?/m1/s1. The van der Waals surface area contributed by atoms with Crippen LogP contribution in [0.5, 0.6) is 0 Å². The van der Waals surface area contributed by atoms with Crippen LogP contribution in [0.2, 0.25) is 0 Å². The van der Waals surface area contributed by atoms with E-state index in [1.54, 1.807) is 22.9 Å². The van der Waals surface area contributed by atoms with Gasteiger partial charge in [0.15, 0.2) is 17.9 Å². The molecule has 0 spiro atoms. The maximum absolute atomic E-state index is 13.5. The van der Waals surface area contributed by atoms with Crippen molar-refractivity contribution in [2.45, 2.75) is 24.5 Å². The third-order valence-electron chi connectivity index (χ3n) is 2.70. The molecule has 1 aromatic rings. The first-order valence-electron chi connectivity index (χ1n) is 5.28. The van der Waals surface area contributed by atoms with Gasteiger partial charge in [-0.15, -0.1) is 0 Å². The van der Waals surface area contributed by atoms with Crippen LogP contribution >= 0.6 is 22.9 Å². The maximum Gasteiger partial charge on any atom is 0.346 e. The fourth-order valence-corrected chi connectivity index (χ4v) is 2.53. The smallest absolute Gasteiger partial charge is 0.346 e. The molecule has 2 rings (SSSR count). The van der Waals surface area contributed by atoms with Gasteiger partial charge in [0.25, 0.3) is 0 Å². The molecular weight excluding hydrogens is 376 g/mol. The topological polar surface area (TPSA) is 119 Å². The lowest BCUT2D eigenvalue weighted by atomic mass is 10.1. The molecule has 1 fully saturated rings. The molecule has 4 N–H and O–H groups in total. The Morgan fingerprint density at radius 1 is 1.53 bits per heavy atom. The van der Waals surface area contributed by atoms with Gasteiger partial charge in [-0.3, -0.25) is 8.10 Å². The number of rotatable bonds is 3. The summed E-state index contributed by atoms with van der Waals surface area (Å²) in [5.74, 6) is -1.05. The number of aliphatic hydroxyl groups is 3. The van der Waals surface area contributed by atoms with Crippen LogP contribution in [0, 0.1) is 5.82 Å². The molecule has 1 saturated heterocycles. The molecule has 8 nitrogen and oxygen atoms in total. The van der Waals surface area contributed by atoms with Gasteiger partial charge in [0.2, 0.25) is 0 Å². The fourth-order valence-electron chi connectivity index (χ4n) is 1.72. The highest BCUT2D eigenvalue weighted by Crippen LogP contribution is 2.30. The number of aromatic nitrogens is 2. The van der Waals surface area contributed by atoms with Crippen molar-refractivity contribution in [2.24, 2.45) is 0 Å². The van der Waals surface area contributed by atoms with Crippen molar-refractivity contribution in [1.29, 1.82) is 0 Å². The van der Waals surface area contributed by atoms with Gasteiger partial charge in [0.05, 0.1) is 35.7 Å². The number of anilines is 1. The van der Waals surface area contributed by atoms with E-state index in [0.29, 0.717) is 0 Å². The van der Waals surface area contributed by atoms with Crippen molar-refractivity contribution in [3.05, 3.63) is 22.5 Å².